The second-order valence-corrected chi connectivity index (χ2v) is 4.30. The number of nitrogens with one attached hydrogen (secondary N) is 1. The summed E-state index contributed by atoms with van der Waals surface area (Å²) < 4.78 is 0. The molecule has 0 aromatic heterocycles. The quantitative estimate of drug-likeness (QED) is 0.599. The molecule has 1 saturated heterocycles. The zero-order valence-electron chi connectivity index (χ0n) is 10.6. The number of nitrogens with zero attached hydrogens (tertiary/aromatic N) is 2. The van der Waals surface area contributed by atoms with Crippen LogP contribution >= 0.6 is 0 Å². The summed E-state index contributed by atoms with van der Waals surface area (Å²) in [6.07, 6.45) is 0.367. The van der Waals surface area contributed by atoms with E-state index in [0.717, 1.165) is 0 Å². The van der Waals surface area contributed by atoms with Crippen LogP contribution in [-0.2, 0) is 4.79 Å². The van der Waals surface area contributed by atoms with Crippen molar-refractivity contribution in [3.8, 4) is 0 Å². The van der Waals surface area contributed by atoms with E-state index in [2.05, 4.69) is 10.2 Å². The summed E-state index contributed by atoms with van der Waals surface area (Å²) >= 11 is 0. The molecule has 0 spiro atoms. The van der Waals surface area contributed by atoms with Crippen LogP contribution in [0.15, 0.2) is 0 Å². The molecule has 1 rings (SSSR count). The third kappa shape index (κ3) is 4.15. The van der Waals surface area contributed by atoms with Gasteiger partial charge >= 0.3 is 12.0 Å². The highest BCUT2D eigenvalue weighted by Gasteiger charge is 2.24. The lowest BCUT2D eigenvalue weighted by Crippen LogP contribution is -2.54. The molecule has 18 heavy (non-hydrogen) atoms. The first-order valence-corrected chi connectivity index (χ1v) is 6.20. The zero-order chi connectivity index (χ0) is 13.5. The van der Waals surface area contributed by atoms with Crippen molar-refractivity contribution in [1.29, 1.82) is 0 Å². The third-order valence-electron chi connectivity index (χ3n) is 3.08. The van der Waals surface area contributed by atoms with Crippen molar-refractivity contribution < 1.29 is 19.8 Å². The van der Waals surface area contributed by atoms with Crippen molar-refractivity contribution in [2.24, 2.45) is 0 Å². The van der Waals surface area contributed by atoms with E-state index < -0.39 is 12.0 Å². The van der Waals surface area contributed by atoms with Gasteiger partial charge in [-0.15, -0.1) is 0 Å². The first-order valence-electron chi connectivity index (χ1n) is 6.20. The number of rotatable bonds is 5. The topological polar surface area (TPSA) is 93.1 Å². The standard InChI is InChI=1S/C11H21N3O4/c1-2-9(10(16)17)12-11(18)14-5-3-13(4-6-14)7-8-15/h9,15H,2-8H2,1H3,(H,12,18)(H,16,17). The summed E-state index contributed by atoms with van der Waals surface area (Å²) in [5, 5.41) is 20.2. The summed E-state index contributed by atoms with van der Waals surface area (Å²) in [6, 6.07) is -1.15. The molecule has 1 aliphatic heterocycles. The Bertz CT molecular complexity index is 290. The predicted molar refractivity (Wildman–Crippen MR) is 65.3 cm³/mol. The maximum atomic E-state index is 11.8. The first-order chi connectivity index (χ1) is 8.58. The van der Waals surface area contributed by atoms with Crippen molar-refractivity contribution in [2.45, 2.75) is 19.4 Å². The van der Waals surface area contributed by atoms with E-state index >= 15 is 0 Å². The van der Waals surface area contributed by atoms with E-state index in [-0.39, 0.29) is 12.6 Å². The van der Waals surface area contributed by atoms with Crippen LogP contribution in [0.2, 0.25) is 0 Å². The van der Waals surface area contributed by atoms with Crippen molar-refractivity contribution in [3.05, 3.63) is 0 Å². The third-order valence-corrected chi connectivity index (χ3v) is 3.08. The Balaban J connectivity index is 2.38. The lowest BCUT2D eigenvalue weighted by atomic mass is 10.2. The smallest absolute Gasteiger partial charge is 0.326 e. The molecule has 104 valence electrons. The Labute approximate surface area is 106 Å². The number of carboxylic acids is 1. The molecule has 1 unspecified atom stereocenters. The summed E-state index contributed by atoms with van der Waals surface area (Å²) in [5.74, 6) is -1.01. The number of carbonyl (C=O) groups is 2. The molecule has 1 atom stereocenters. The Morgan fingerprint density at radius 2 is 1.89 bits per heavy atom. The van der Waals surface area contributed by atoms with Gasteiger partial charge < -0.3 is 20.4 Å². The van der Waals surface area contributed by atoms with Crippen LogP contribution < -0.4 is 5.32 Å². The molecule has 0 aliphatic carbocycles. The number of carboxylic acid groups (broad SMARTS) is 1. The van der Waals surface area contributed by atoms with Gasteiger partial charge in [0.05, 0.1) is 6.61 Å². The molecule has 0 aromatic rings. The predicted octanol–water partition coefficient (Wildman–Crippen LogP) is -0.831. The molecule has 7 nitrogen and oxygen atoms in total. The molecule has 0 bridgehead atoms. The molecular weight excluding hydrogens is 238 g/mol. The van der Waals surface area contributed by atoms with E-state index in [0.29, 0.717) is 39.1 Å². The molecule has 1 aliphatic rings. The average molecular weight is 259 g/mol. The van der Waals surface area contributed by atoms with Gasteiger partial charge in [-0.25, -0.2) is 9.59 Å². The van der Waals surface area contributed by atoms with Gasteiger partial charge in [0.25, 0.3) is 0 Å². The maximum Gasteiger partial charge on any atom is 0.326 e. The molecule has 0 radical (unpaired) electrons. The molecule has 1 fully saturated rings. The van der Waals surface area contributed by atoms with Crippen molar-refractivity contribution in [2.75, 3.05) is 39.3 Å². The van der Waals surface area contributed by atoms with Gasteiger partial charge in [-0.05, 0) is 6.42 Å². The fraction of sp³-hybridized carbons (Fsp3) is 0.818. The average Bonchev–Trinajstić information content (AvgIpc) is 2.36. The molecular formula is C11H21N3O4. The number of aliphatic hydroxyl groups is 1. The number of urea groups is 1. The van der Waals surface area contributed by atoms with Crippen LogP contribution in [0.1, 0.15) is 13.3 Å². The van der Waals surface area contributed by atoms with Crippen LogP contribution in [0, 0.1) is 0 Å². The highest BCUT2D eigenvalue weighted by atomic mass is 16.4. The number of piperazine rings is 1. The van der Waals surface area contributed by atoms with Crippen LogP contribution in [0.25, 0.3) is 0 Å². The van der Waals surface area contributed by atoms with Gasteiger partial charge in [-0.2, -0.15) is 0 Å². The number of aliphatic carboxylic acids is 1. The number of hydrogen-bond donors (Lipinski definition) is 3. The number of β-amino-alcohol motifs (C(OH)–C–C–N with tert-alkyl or cyclic N) is 1. The normalized spacial score (nSPS) is 18.4. The van der Waals surface area contributed by atoms with Gasteiger partial charge in [0.1, 0.15) is 6.04 Å². The van der Waals surface area contributed by atoms with Gasteiger partial charge in [-0.3, -0.25) is 4.90 Å². The lowest BCUT2D eigenvalue weighted by molar-refractivity contribution is -0.139. The summed E-state index contributed by atoms with van der Waals surface area (Å²) in [7, 11) is 0. The number of hydrogen-bond acceptors (Lipinski definition) is 4. The van der Waals surface area contributed by atoms with Crippen LogP contribution in [-0.4, -0.2) is 77.4 Å². The summed E-state index contributed by atoms with van der Waals surface area (Å²) in [4.78, 5) is 26.3. The molecule has 3 N–H and O–H groups in total. The monoisotopic (exact) mass is 259 g/mol. The fourth-order valence-electron chi connectivity index (χ4n) is 1.89. The van der Waals surface area contributed by atoms with E-state index in [4.69, 9.17) is 10.2 Å². The van der Waals surface area contributed by atoms with Crippen LogP contribution in [0.3, 0.4) is 0 Å². The highest BCUT2D eigenvalue weighted by molar-refractivity contribution is 5.82. The van der Waals surface area contributed by atoms with Gasteiger partial charge in [-0.1, -0.05) is 6.92 Å². The van der Waals surface area contributed by atoms with Gasteiger partial charge in [0.15, 0.2) is 0 Å². The zero-order valence-corrected chi connectivity index (χ0v) is 10.6. The number of carbonyl (C=O) groups excluding carboxylic acids is 1. The van der Waals surface area contributed by atoms with Crippen LogP contribution in [0.4, 0.5) is 4.79 Å². The minimum absolute atomic E-state index is 0.114. The fourth-order valence-corrected chi connectivity index (χ4v) is 1.89. The van der Waals surface area contributed by atoms with Crippen LogP contribution in [0.5, 0.6) is 0 Å². The highest BCUT2D eigenvalue weighted by Crippen LogP contribution is 2.02. The summed E-state index contributed by atoms with van der Waals surface area (Å²) in [6.45, 7) is 4.98. The summed E-state index contributed by atoms with van der Waals surface area (Å²) in [5.41, 5.74) is 0. The van der Waals surface area contributed by atoms with E-state index in [1.165, 1.54) is 0 Å². The molecule has 1 heterocycles. The maximum absolute atomic E-state index is 11.8. The van der Waals surface area contributed by atoms with Crippen molar-refractivity contribution in [1.82, 2.24) is 15.1 Å². The van der Waals surface area contributed by atoms with E-state index in [1.54, 1.807) is 11.8 Å². The Hall–Kier alpha value is -1.34. The van der Waals surface area contributed by atoms with Crippen molar-refractivity contribution in [3.63, 3.8) is 0 Å². The second-order valence-electron chi connectivity index (χ2n) is 4.30. The largest absolute Gasteiger partial charge is 0.480 e. The molecule has 0 saturated carbocycles. The molecule has 0 aromatic carbocycles. The minimum atomic E-state index is -1.01. The Morgan fingerprint density at radius 3 is 2.33 bits per heavy atom. The SMILES string of the molecule is CCC(NC(=O)N1CCN(CCO)CC1)C(=O)O. The second kappa shape index (κ2) is 7.17. The first kappa shape index (κ1) is 14.7. The van der Waals surface area contributed by atoms with E-state index in [1.807, 2.05) is 0 Å². The Morgan fingerprint density at radius 1 is 1.28 bits per heavy atom. The minimum Gasteiger partial charge on any atom is -0.480 e. The Kier molecular flexibility index (Phi) is 5.87. The number of amides is 2. The molecule has 2 amide bonds. The van der Waals surface area contributed by atoms with Gasteiger partial charge in [0, 0.05) is 32.7 Å². The van der Waals surface area contributed by atoms with Gasteiger partial charge in [0.2, 0.25) is 0 Å². The number of aliphatic hydroxyl groups excluding tert-OH is 1. The van der Waals surface area contributed by atoms with Crippen molar-refractivity contribution >= 4 is 12.0 Å². The van der Waals surface area contributed by atoms with E-state index in [9.17, 15) is 9.59 Å². The molecule has 7 heteroatoms. The lowest BCUT2D eigenvalue weighted by Gasteiger charge is -2.34.